The van der Waals surface area contributed by atoms with E-state index in [0.29, 0.717) is 53.9 Å². The fourth-order valence-corrected chi connectivity index (χ4v) is 5.58. The molecule has 3 aromatic rings. The molecule has 11 heteroatoms. The van der Waals surface area contributed by atoms with Crippen molar-refractivity contribution < 1.29 is 9.59 Å². The molecule has 2 N–H and O–H groups in total. The van der Waals surface area contributed by atoms with E-state index in [-0.39, 0.29) is 17.0 Å². The first-order valence-electron chi connectivity index (χ1n) is 12.8. The summed E-state index contributed by atoms with van der Waals surface area (Å²) in [5, 5.41) is 6.51. The Morgan fingerprint density at radius 2 is 1.69 bits per heavy atom. The number of piperazine rings is 1. The van der Waals surface area contributed by atoms with Crippen LogP contribution < -0.4 is 21.1 Å². The van der Waals surface area contributed by atoms with E-state index in [2.05, 4.69) is 27.7 Å². The van der Waals surface area contributed by atoms with Crippen LogP contribution in [0.15, 0.2) is 70.7 Å². The highest BCUT2D eigenvalue weighted by atomic mass is 35.5. The standard InChI is InChI=1S/C28H30Cl2N6O3/c1-17(2)31-28(39)36-23(37)16-22-32-18(3)24(26(35(22)36)20-10-7-11-21(29)25(20)30)27(38)34-14-12-33(13-15-34)19-8-5-4-6-9-19/h4-11,16-17,26,32H,12-15H2,1-3H3,(H,31,39). The van der Waals surface area contributed by atoms with Gasteiger partial charge >= 0.3 is 6.03 Å². The topological polar surface area (TPSA) is 91.6 Å². The van der Waals surface area contributed by atoms with Crippen molar-refractivity contribution in [2.24, 2.45) is 0 Å². The molecule has 0 radical (unpaired) electrons. The van der Waals surface area contributed by atoms with E-state index in [0.717, 1.165) is 10.4 Å². The predicted molar refractivity (Wildman–Crippen MR) is 154 cm³/mol. The summed E-state index contributed by atoms with van der Waals surface area (Å²) in [6.45, 7) is 7.78. The maximum Gasteiger partial charge on any atom is 0.344 e. The Hall–Kier alpha value is -3.69. The average Bonchev–Trinajstić information content (AvgIpc) is 3.24. The van der Waals surface area contributed by atoms with Gasteiger partial charge in [-0.2, -0.15) is 4.68 Å². The number of hydrogen-bond acceptors (Lipinski definition) is 5. The van der Waals surface area contributed by atoms with Crippen LogP contribution in [-0.4, -0.2) is 58.4 Å². The summed E-state index contributed by atoms with van der Waals surface area (Å²) >= 11 is 13.1. The molecule has 204 valence electrons. The number of amides is 2. The molecule has 2 aliphatic rings. The molecule has 1 aromatic heterocycles. The third-order valence-electron chi connectivity index (χ3n) is 6.97. The Morgan fingerprint density at radius 3 is 2.36 bits per heavy atom. The second kappa shape index (κ2) is 10.8. The number of allylic oxidation sites excluding steroid dienone is 1. The molecular formula is C28H30Cl2N6O3. The smallest absolute Gasteiger partial charge is 0.344 e. The van der Waals surface area contributed by atoms with Gasteiger partial charge in [0, 0.05) is 55.2 Å². The molecule has 39 heavy (non-hydrogen) atoms. The van der Waals surface area contributed by atoms with Gasteiger partial charge in [-0.05, 0) is 39.0 Å². The molecule has 2 aliphatic heterocycles. The Balaban J connectivity index is 1.56. The zero-order chi connectivity index (χ0) is 27.8. The summed E-state index contributed by atoms with van der Waals surface area (Å²) in [6.07, 6.45) is 0. The third kappa shape index (κ3) is 5.04. The summed E-state index contributed by atoms with van der Waals surface area (Å²) in [6, 6.07) is 14.9. The predicted octanol–water partition coefficient (Wildman–Crippen LogP) is 4.56. The Bertz CT molecular complexity index is 1500. The number of para-hydroxylation sites is 1. The fourth-order valence-electron chi connectivity index (χ4n) is 5.17. The van der Waals surface area contributed by atoms with Crippen molar-refractivity contribution in [3.8, 4) is 0 Å². The normalized spacial score (nSPS) is 17.2. The lowest BCUT2D eigenvalue weighted by Crippen LogP contribution is -2.51. The van der Waals surface area contributed by atoms with E-state index in [9.17, 15) is 14.4 Å². The number of hydrogen-bond donors (Lipinski definition) is 2. The van der Waals surface area contributed by atoms with Gasteiger partial charge in [0.05, 0.1) is 15.6 Å². The highest BCUT2D eigenvalue weighted by Gasteiger charge is 2.39. The van der Waals surface area contributed by atoms with E-state index >= 15 is 0 Å². The molecule has 1 saturated heterocycles. The van der Waals surface area contributed by atoms with Crippen molar-refractivity contribution in [2.45, 2.75) is 32.9 Å². The number of halogens is 2. The minimum atomic E-state index is -0.868. The van der Waals surface area contributed by atoms with Crippen LogP contribution in [0.5, 0.6) is 0 Å². The molecule has 9 nitrogen and oxygen atoms in total. The molecule has 3 heterocycles. The summed E-state index contributed by atoms with van der Waals surface area (Å²) in [5.74, 6) is 0.180. The summed E-state index contributed by atoms with van der Waals surface area (Å²) < 4.78 is 2.51. The molecule has 0 spiro atoms. The van der Waals surface area contributed by atoms with Crippen LogP contribution in [-0.2, 0) is 4.79 Å². The van der Waals surface area contributed by atoms with E-state index in [4.69, 9.17) is 23.2 Å². The van der Waals surface area contributed by atoms with E-state index in [1.807, 2.05) is 18.2 Å². The van der Waals surface area contributed by atoms with Crippen LogP contribution >= 0.6 is 23.2 Å². The first kappa shape index (κ1) is 26.9. The summed E-state index contributed by atoms with van der Waals surface area (Å²) in [4.78, 5) is 44.5. The van der Waals surface area contributed by atoms with Gasteiger partial charge in [-0.15, -0.1) is 0 Å². The van der Waals surface area contributed by atoms with Crippen LogP contribution in [0.4, 0.5) is 16.3 Å². The van der Waals surface area contributed by atoms with Crippen molar-refractivity contribution in [3.05, 3.63) is 91.8 Å². The second-order valence-electron chi connectivity index (χ2n) is 9.95. The van der Waals surface area contributed by atoms with Gasteiger partial charge in [-0.1, -0.05) is 53.5 Å². The number of anilines is 2. The van der Waals surface area contributed by atoms with Gasteiger partial charge in [0.1, 0.15) is 11.9 Å². The minimum Gasteiger partial charge on any atom is -0.368 e. The van der Waals surface area contributed by atoms with Crippen molar-refractivity contribution in [2.75, 3.05) is 36.4 Å². The molecule has 0 bridgehead atoms. The Kier molecular flexibility index (Phi) is 7.46. The highest BCUT2D eigenvalue weighted by Crippen LogP contribution is 2.41. The minimum absolute atomic E-state index is 0.198. The second-order valence-corrected chi connectivity index (χ2v) is 10.7. The molecule has 0 saturated carbocycles. The van der Waals surface area contributed by atoms with Crippen molar-refractivity contribution in [1.82, 2.24) is 19.6 Å². The lowest BCUT2D eigenvalue weighted by molar-refractivity contribution is -0.128. The van der Waals surface area contributed by atoms with Crippen molar-refractivity contribution in [1.29, 1.82) is 0 Å². The number of carbonyl (C=O) groups excluding carboxylic acids is 2. The molecule has 1 atom stereocenters. The highest BCUT2D eigenvalue weighted by molar-refractivity contribution is 6.42. The number of carbonyl (C=O) groups is 2. The molecule has 0 aliphatic carbocycles. The number of fused-ring (bicyclic) bond motifs is 1. The SMILES string of the molecule is CC1=C(C(=O)N2CCN(c3ccccc3)CC2)C(c2cccc(Cl)c2Cl)n2c(cc(=O)n2C(=O)NC(C)C)N1. The van der Waals surface area contributed by atoms with Gasteiger partial charge < -0.3 is 20.4 Å². The Morgan fingerprint density at radius 1 is 1.00 bits per heavy atom. The number of benzene rings is 2. The van der Waals surface area contributed by atoms with E-state index < -0.39 is 17.6 Å². The lowest BCUT2D eigenvalue weighted by Gasteiger charge is -2.39. The molecule has 1 fully saturated rings. The van der Waals surface area contributed by atoms with E-state index in [1.165, 1.54) is 10.7 Å². The van der Waals surface area contributed by atoms with Gasteiger partial charge in [-0.25, -0.2) is 9.48 Å². The van der Waals surface area contributed by atoms with Crippen molar-refractivity contribution in [3.63, 3.8) is 0 Å². The number of nitrogens with zero attached hydrogens (tertiary/aromatic N) is 4. The fraction of sp³-hybridized carbons (Fsp3) is 0.321. The zero-order valence-corrected chi connectivity index (χ0v) is 23.5. The molecule has 5 rings (SSSR count). The van der Waals surface area contributed by atoms with Crippen LogP contribution in [0.2, 0.25) is 10.0 Å². The van der Waals surface area contributed by atoms with Gasteiger partial charge in [0.25, 0.3) is 11.5 Å². The molecule has 2 aromatic carbocycles. The van der Waals surface area contributed by atoms with Crippen LogP contribution in [0.1, 0.15) is 32.4 Å². The molecule has 2 amide bonds. The number of aromatic nitrogens is 2. The number of nitrogens with one attached hydrogen (secondary N) is 2. The monoisotopic (exact) mass is 568 g/mol. The number of rotatable bonds is 4. The van der Waals surface area contributed by atoms with E-state index in [1.54, 1.807) is 43.9 Å². The van der Waals surface area contributed by atoms with Gasteiger partial charge in [0.2, 0.25) is 0 Å². The molecule has 1 unspecified atom stereocenters. The van der Waals surface area contributed by atoms with Crippen molar-refractivity contribution >= 4 is 46.6 Å². The maximum atomic E-state index is 14.2. The molecular weight excluding hydrogens is 539 g/mol. The maximum absolute atomic E-state index is 14.2. The summed E-state index contributed by atoms with van der Waals surface area (Å²) in [7, 11) is 0. The first-order chi connectivity index (χ1) is 18.7. The zero-order valence-electron chi connectivity index (χ0n) is 21.9. The quantitative estimate of drug-likeness (QED) is 0.481. The van der Waals surface area contributed by atoms with Gasteiger partial charge in [-0.3, -0.25) is 9.59 Å². The average molecular weight is 569 g/mol. The third-order valence-corrected chi connectivity index (χ3v) is 7.80. The lowest BCUT2D eigenvalue weighted by atomic mass is 9.94. The summed E-state index contributed by atoms with van der Waals surface area (Å²) in [5.41, 5.74) is 2.06. The first-order valence-corrected chi connectivity index (χ1v) is 13.6. The van der Waals surface area contributed by atoms with Gasteiger partial charge in [0.15, 0.2) is 0 Å². The van der Waals surface area contributed by atoms with Crippen LogP contribution in [0.3, 0.4) is 0 Å². The van der Waals surface area contributed by atoms with Crippen LogP contribution in [0, 0.1) is 0 Å². The Labute approximate surface area is 236 Å². The largest absolute Gasteiger partial charge is 0.368 e. The van der Waals surface area contributed by atoms with Crippen LogP contribution in [0.25, 0.3) is 0 Å².